The highest BCUT2D eigenvalue weighted by molar-refractivity contribution is 14.0. The number of aliphatic imine (C=N–C) groups is 1. The molecular weight excluding hydrogens is 403 g/mol. The van der Waals surface area contributed by atoms with Crippen LogP contribution in [-0.4, -0.2) is 44.5 Å². The summed E-state index contributed by atoms with van der Waals surface area (Å²) in [5, 5.41) is 6.30. The Kier molecular flexibility index (Phi) is 9.51. The van der Waals surface area contributed by atoms with Gasteiger partial charge in [0.05, 0.1) is 18.0 Å². The van der Waals surface area contributed by atoms with Gasteiger partial charge in [0.2, 0.25) is 0 Å². The molecule has 0 spiro atoms. The van der Waals surface area contributed by atoms with Crippen LogP contribution >= 0.6 is 24.0 Å². The number of halogens is 1. The van der Waals surface area contributed by atoms with Gasteiger partial charge in [-0.2, -0.15) is 0 Å². The minimum absolute atomic E-state index is 0. The van der Waals surface area contributed by atoms with Crippen molar-refractivity contribution in [2.45, 2.75) is 25.9 Å². The highest BCUT2D eigenvalue weighted by Crippen LogP contribution is 1.96. The number of sulfone groups is 1. The third-order valence-electron chi connectivity index (χ3n) is 2.69. The lowest BCUT2D eigenvalue weighted by molar-refractivity contribution is 0.581. The first-order valence-corrected chi connectivity index (χ1v) is 8.51. The van der Waals surface area contributed by atoms with Gasteiger partial charge in [0.15, 0.2) is 5.96 Å². The van der Waals surface area contributed by atoms with Gasteiger partial charge in [-0.15, -0.1) is 24.0 Å². The molecule has 1 aromatic rings. The van der Waals surface area contributed by atoms with Gasteiger partial charge in [-0.25, -0.2) is 8.42 Å². The van der Waals surface area contributed by atoms with Gasteiger partial charge in [-0.05, 0) is 25.5 Å². The Morgan fingerprint density at radius 1 is 1.43 bits per heavy atom. The second-order valence-electron chi connectivity index (χ2n) is 4.71. The van der Waals surface area contributed by atoms with Crippen molar-refractivity contribution >= 4 is 39.8 Å². The van der Waals surface area contributed by atoms with E-state index in [4.69, 9.17) is 0 Å². The molecule has 1 unspecified atom stereocenters. The second kappa shape index (κ2) is 9.93. The Labute approximate surface area is 143 Å². The lowest BCUT2D eigenvalue weighted by Gasteiger charge is -2.17. The Morgan fingerprint density at radius 3 is 2.67 bits per heavy atom. The van der Waals surface area contributed by atoms with Crippen molar-refractivity contribution in [2.24, 2.45) is 4.99 Å². The molecule has 0 aromatic carbocycles. The summed E-state index contributed by atoms with van der Waals surface area (Å²) in [5.41, 5.74) is 0.916. The fraction of sp³-hybridized carbons (Fsp3) is 0.538. The van der Waals surface area contributed by atoms with Crippen LogP contribution < -0.4 is 10.6 Å². The molecule has 1 atom stereocenters. The maximum absolute atomic E-state index is 11.1. The fourth-order valence-corrected chi connectivity index (χ4v) is 2.35. The predicted octanol–water partition coefficient (Wildman–Crippen LogP) is 1.19. The van der Waals surface area contributed by atoms with Crippen LogP contribution in [0.3, 0.4) is 0 Å². The molecule has 6 nitrogen and oxygen atoms in total. The molecule has 1 heterocycles. The first-order chi connectivity index (χ1) is 9.40. The highest BCUT2D eigenvalue weighted by Gasteiger charge is 2.09. The third-order valence-corrected chi connectivity index (χ3v) is 3.67. The molecule has 0 fully saturated rings. The predicted molar refractivity (Wildman–Crippen MR) is 96.8 cm³/mol. The SMILES string of the molecule is CN=C(NCc1ccccn1)NC(C)CCS(C)(=O)=O.I. The van der Waals surface area contributed by atoms with Crippen LogP contribution in [0.15, 0.2) is 29.4 Å². The number of guanidine groups is 1. The number of hydrogen-bond donors (Lipinski definition) is 2. The molecule has 0 saturated carbocycles. The summed E-state index contributed by atoms with van der Waals surface area (Å²) in [7, 11) is -1.25. The van der Waals surface area contributed by atoms with Crippen molar-refractivity contribution in [3.05, 3.63) is 30.1 Å². The largest absolute Gasteiger partial charge is 0.354 e. The molecule has 0 radical (unpaired) electrons. The lowest BCUT2D eigenvalue weighted by Crippen LogP contribution is -2.42. The van der Waals surface area contributed by atoms with E-state index in [0.717, 1.165) is 5.69 Å². The first-order valence-electron chi connectivity index (χ1n) is 6.45. The molecule has 2 N–H and O–H groups in total. The van der Waals surface area contributed by atoms with Crippen LogP contribution in [0.4, 0.5) is 0 Å². The second-order valence-corrected chi connectivity index (χ2v) is 6.97. The Balaban J connectivity index is 0.00000400. The van der Waals surface area contributed by atoms with Gasteiger partial charge in [0.25, 0.3) is 0 Å². The Morgan fingerprint density at radius 2 is 2.14 bits per heavy atom. The van der Waals surface area contributed by atoms with Crippen molar-refractivity contribution in [3.8, 4) is 0 Å². The first kappa shape index (κ1) is 20.1. The fourth-order valence-electron chi connectivity index (χ4n) is 1.57. The molecular formula is C13H23IN4O2S. The van der Waals surface area contributed by atoms with Crippen LogP contribution in [0.1, 0.15) is 19.0 Å². The number of hydrogen-bond acceptors (Lipinski definition) is 4. The summed E-state index contributed by atoms with van der Waals surface area (Å²) in [4.78, 5) is 8.31. The van der Waals surface area contributed by atoms with Gasteiger partial charge in [0.1, 0.15) is 9.84 Å². The van der Waals surface area contributed by atoms with E-state index in [1.807, 2.05) is 25.1 Å². The molecule has 0 amide bonds. The lowest BCUT2D eigenvalue weighted by atomic mass is 10.3. The maximum Gasteiger partial charge on any atom is 0.191 e. The van der Waals surface area contributed by atoms with Crippen LogP contribution in [-0.2, 0) is 16.4 Å². The van der Waals surface area contributed by atoms with E-state index in [0.29, 0.717) is 18.9 Å². The zero-order valence-corrected chi connectivity index (χ0v) is 15.7. The minimum atomic E-state index is -2.93. The molecule has 0 aliphatic carbocycles. The van der Waals surface area contributed by atoms with E-state index in [9.17, 15) is 8.42 Å². The van der Waals surface area contributed by atoms with Gasteiger partial charge in [0, 0.05) is 25.5 Å². The summed E-state index contributed by atoms with van der Waals surface area (Å²) in [6, 6.07) is 5.74. The normalized spacial score (nSPS) is 13.2. The average molecular weight is 426 g/mol. The molecule has 1 aromatic heterocycles. The van der Waals surface area contributed by atoms with Gasteiger partial charge in [-0.3, -0.25) is 9.98 Å². The van der Waals surface area contributed by atoms with Crippen molar-refractivity contribution in [1.29, 1.82) is 0 Å². The highest BCUT2D eigenvalue weighted by atomic mass is 127. The van der Waals surface area contributed by atoms with E-state index >= 15 is 0 Å². The molecule has 1 rings (SSSR count). The van der Waals surface area contributed by atoms with Gasteiger partial charge < -0.3 is 10.6 Å². The zero-order valence-electron chi connectivity index (χ0n) is 12.5. The zero-order chi connectivity index (χ0) is 15.0. The standard InChI is InChI=1S/C13H22N4O2S.HI/c1-11(7-9-20(3,18)19)17-13(14-2)16-10-12-6-4-5-8-15-12;/h4-6,8,11H,7,9-10H2,1-3H3,(H2,14,16,17);1H. The number of aromatic nitrogens is 1. The van der Waals surface area contributed by atoms with Gasteiger partial charge >= 0.3 is 0 Å². The van der Waals surface area contributed by atoms with Crippen molar-refractivity contribution in [3.63, 3.8) is 0 Å². The minimum Gasteiger partial charge on any atom is -0.354 e. The maximum atomic E-state index is 11.1. The molecule has 120 valence electrons. The van der Waals surface area contributed by atoms with Crippen LogP contribution in [0.5, 0.6) is 0 Å². The Hall–Kier alpha value is -0.900. The number of nitrogens with one attached hydrogen (secondary N) is 2. The number of pyridine rings is 1. The number of nitrogens with zero attached hydrogens (tertiary/aromatic N) is 2. The van der Waals surface area contributed by atoms with E-state index < -0.39 is 9.84 Å². The summed E-state index contributed by atoms with van der Waals surface area (Å²) >= 11 is 0. The van der Waals surface area contributed by atoms with E-state index in [2.05, 4.69) is 20.6 Å². The van der Waals surface area contributed by atoms with Crippen molar-refractivity contribution in [2.75, 3.05) is 19.1 Å². The summed E-state index contributed by atoms with van der Waals surface area (Å²) in [6.07, 6.45) is 3.53. The molecule has 0 saturated heterocycles. The molecule has 21 heavy (non-hydrogen) atoms. The topological polar surface area (TPSA) is 83.4 Å². The smallest absolute Gasteiger partial charge is 0.191 e. The summed E-state index contributed by atoms with van der Waals surface area (Å²) in [5.74, 6) is 0.801. The third kappa shape index (κ3) is 9.62. The van der Waals surface area contributed by atoms with Gasteiger partial charge in [-0.1, -0.05) is 6.07 Å². The average Bonchev–Trinajstić information content (AvgIpc) is 2.41. The monoisotopic (exact) mass is 426 g/mol. The summed E-state index contributed by atoms with van der Waals surface area (Å²) in [6.45, 7) is 2.50. The summed E-state index contributed by atoms with van der Waals surface area (Å²) < 4.78 is 22.2. The van der Waals surface area contributed by atoms with E-state index in [1.54, 1.807) is 13.2 Å². The molecule has 0 aliphatic rings. The molecule has 8 heteroatoms. The molecule has 0 bridgehead atoms. The molecule has 0 aliphatic heterocycles. The van der Waals surface area contributed by atoms with E-state index in [1.165, 1.54) is 6.26 Å². The number of rotatable bonds is 6. The Bertz CT molecular complexity index is 534. The van der Waals surface area contributed by atoms with Crippen LogP contribution in [0, 0.1) is 0 Å². The quantitative estimate of drug-likeness (QED) is 0.406. The van der Waals surface area contributed by atoms with Crippen LogP contribution in [0.25, 0.3) is 0 Å². The van der Waals surface area contributed by atoms with Crippen molar-refractivity contribution in [1.82, 2.24) is 15.6 Å². The van der Waals surface area contributed by atoms with Crippen LogP contribution in [0.2, 0.25) is 0 Å². The van der Waals surface area contributed by atoms with Crippen molar-refractivity contribution < 1.29 is 8.42 Å². The van der Waals surface area contributed by atoms with E-state index in [-0.39, 0.29) is 35.8 Å².